The van der Waals surface area contributed by atoms with E-state index in [9.17, 15) is 0 Å². The summed E-state index contributed by atoms with van der Waals surface area (Å²) in [7, 11) is 0.267. The lowest BCUT2D eigenvalue weighted by atomic mass is 9.76. The summed E-state index contributed by atoms with van der Waals surface area (Å²) in [5.74, 6) is 0. The van der Waals surface area contributed by atoms with Crippen LogP contribution < -0.4 is 5.32 Å². The molecular weight excluding hydrogens is 129 g/mol. The predicted molar refractivity (Wildman–Crippen MR) is 42.4 cm³/mol. The highest BCUT2D eigenvalue weighted by Crippen LogP contribution is 2.03. The number of likely N-dealkylation sites (N-methyl/N-ethyl adjacent to an activating group) is 1. The second kappa shape index (κ2) is 4.27. The van der Waals surface area contributed by atoms with Gasteiger partial charge in [-0.05, 0) is 18.1 Å². The Balaban J connectivity index is 3.83. The van der Waals surface area contributed by atoms with Gasteiger partial charge in [0.25, 0.3) is 0 Å². The van der Waals surface area contributed by atoms with Crippen LogP contribution in [0.25, 0.3) is 0 Å². The largest absolute Gasteiger partial charge is 0.488 e. The van der Waals surface area contributed by atoms with Gasteiger partial charge in [-0.25, -0.2) is 0 Å². The molecule has 0 aliphatic rings. The van der Waals surface area contributed by atoms with E-state index in [0.717, 1.165) is 0 Å². The molecule has 0 fully saturated rings. The highest BCUT2D eigenvalue weighted by atomic mass is 16.4. The summed E-state index contributed by atoms with van der Waals surface area (Å²) in [5, 5.41) is 20.0. The van der Waals surface area contributed by atoms with Gasteiger partial charge in [0.05, 0.1) is 0 Å². The molecule has 0 aromatic rings. The molecule has 0 bridgehead atoms. The lowest BCUT2D eigenvalue weighted by Crippen LogP contribution is -2.20. The summed E-state index contributed by atoms with van der Waals surface area (Å²) in [6.07, 6.45) is 0. The van der Waals surface area contributed by atoms with Crippen LogP contribution in [0.1, 0.15) is 0 Å². The summed E-state index contributed by atoms with van der Waals surface area (Å²) in [6.45, 7) is 7.54. The number of nitrogens with one attached hydrogen (secondary N) is 1. The molecule has 0 unspecified atom stereocenters. The molecule has 0 aliphatic carbocycles. The molecule has 0 heterocycles. The molecule has 0 amide bonds. The predicted octanol–water partition coefficient (Wildman–Crippen LogP) is -0.670. The molecular formula is C6H12BNO2. The topological polar surface area (TPSA) is 52.5 Å². The monoisotopic (exact) mass is 141 g/mol. The molecule has 4 heteroatoms. The van der Waals surface area contributed by atoms with Crippen molar-refractivity contribution < 1.29 is 10.0 Å². The second-order valence-electron chi connectivity index (χ2n) is 2.03. The average molecular weight is 141 g/mol. The summed E-state index contributed by atoms with van der Waals surface area (Å²) in [5.41, 5.74) is 0.867. The Morgan fingerprint density at radius 2 is 2.00 bits per heavy atom. The molecule has 0 rings (SSSR count). The van der Waals surface area contributed by atoms with Gasteiger partial charge in [-0.2, -0.15) is 0 Å². The standard InChI is InChI=1S/C6H12BNO2/c1-5(4-8-3)6(2)7(9)10/h8-10H,1-2,4H2,3H3. The molecule has 0 spiro atoms. The van der Waals surface area contributed by atoms with Gasteiger partial charge in [0.15, 0.2) is 0 Å². The fraction of sp³-hybridized carbons (Fsp3) is 0.333. The highest BCUT2D eigenvalue weighted by Gasteiger charge is 2.13. The van der Waals surface area contributed by atoms with Crippen molar-refractivity contribution in [3.63, 3.8) is 0 Å². The van der Waals surface area contributed by atoms with E-state index < -0.39 is 7.12 Å². The fourth-order valence-electron chi connectivity index (χ4n) is 0.509. The summed E-state index contributed by atoms with van der Waals surface area (Å²) in [4.78, 5) is 0. The molecule has 0 aliphatic heterocycles. The quantitative estimate of drug-likeness (QED) is 0.359. The second-order valence-corrected chi connectivity index (χ2v) is 2.03. The van der Waals surface area contributed by atoms with Crippen LogP contribution in [0, 0.1) is 0 Å². The first kappa shape index (κ1) is 9.42. The number of hydrogen-bond donors (Lipinski definition) is 3. The van der Waals surface area contributed by atoms with Crippen LogP contribution in [0.4, 0.5) is 0 Å². The van der Waals surface area contributed by atoms with Crippen molar-refractivity contribution in [1.82, 2.24) is 5.32 Å². The number of rotatable bonds is 4. The van der Waals surface area contributed by atoms with Crippen LogP contribution in [-0.4, -0.2) is 30.8 Å². The minimum atomic E-state index is -1.49. The van der Waals surface area contributed by atoms with E-state index in [2.05, 4.69) is 18.5 Å². The first-order valence-corrected chi connectivity index (χ1v) is 2.97. The first-order chi connectivity index (χ1) is 4.59. The zero-order valence-electron chi connectivity index (χ0n) is 6.09. The van der Waals surface area contributed by atoms with E-state index >= 15 is 0 Å². The Morgan fingerprint density at radius 3 is 2.30 bits per heavy atom. The molecule has 0 aromatic carbocycles. The van der Waals surface area contributed by atoms with Gasteiger partial charge in [0, 0.05) is 6.54 Å². The molecule has 0 saturated carbocycles. The van der Waals surface area contributed by atoms with Crippen molar-refractivity contribution in [2.24, 2.45) is 0 Å². The Morgan fingerprint density at radius 1 is 1.50 bits per heavy atom. The van der Waals surface area contributed by atoms with Crippen molar-refractivity contribution in [2.75, 3.05) is 13.6 Å². The molecule has 0 aromatic heterocycles. The Kier molecular flexibility index (Phi) is 4.03. The van der Waals surface area contributed by atoms with E-state index in [4.69, 9.17) is 10.0 Å². The molecule has 0 radical (unpaired) electrons. The van der Waals surface area contributed by atoms with Crippen LogP contribution in [0.3, 0.4) is 0 Å². The Bertz CT molecular complexity index is 145. The van der Waals surface area contributed by atoms with E-state index in [-0.39, 0.29) is 5.47 Å². The van der Waals surface area contributed by atoms with Crippen molar-refractivity contribution in [3.05, 3.63) is 24.2 Å². The third kappa shape index (κ3) is 2.82. The van der Waals surface area contributed by atoms with Crippen LogP contribution in [0.2, 0.25) is 0 Å². The van der Waals surface area contributed by atoms with E-state index in [1.165, 1.54) is 0 Å². The van der Waals surface area contributed by atoms with Gasteiger partial charge in [-0.1, -0.05) is 13.2 Å². The zero-order valence-corrected chi connectivity index (χ0v) is 6.09. The Labute approximate surface area is 61.2 Å². The summed E-state index contributed by atoms with van der Waals surface area (Å²) in [6, 6.07) is 0. The highest BCUT2D eigenvalue weighted by molar-refractivity contribution is 6.52. The minimum absolute atomic E-state index is 0.259. The smallest absolute Gasteiger partial charge is 0.423 e. The van der Waals surface area contributed by atoms with Gasteiger partial charge in [-0.3, -0.25) is 0 Å². The van der Waals surface area contributed by atoms with Crippen molar-refractivity contribution in [2.45, 2.75) is 0 Å². The first-order valence-electron chi connectivity index (χ1n) is 2.97. The fourth-order valence-corrected chi connectivity index (χ4v) is 0.509. The molecule has 56 valence electrons. The molecule has 3 N–H and O–H groups in total. The van der Waals surface area contributed by atoms with Gasteiger partial charge in [0.2, 0.25) is 0 Å². The molecule has 3 nitrogen and oxygen atoms in total. The average Bonchev–Trinajstić information content (AvgIpc) is 1.87. The maximum absolute atomic E-state index is 8.59. The SMILES string of the molecule is C=C(CNC)C(=C)B(O)O. The van der Waals surface area contributed by atoms with Crippen LogP contribution >= 0.6 is 0 Å². The van der Waals surface area contributed by atoms with Gasteiger partial charge < -0.3 is 15.4 Å². The normalized spacial score (nSPS) is 9.10. The maximum atomic E-state index is 8.59. The van der Waals surface area contributed by atoms with Gasteiger partial charge >= 0.3 is 7.12 Å². The Hall–Kier alpha value is -0.575. The molecule has 10 heavy (non-hydrogen) atoms. The zero-order chi connectivity index (χ0) is 8.15. The van der Waals surface area contributed by atoms with Crippen LogP contribution in [0.5, 0.6) is 0 Å². The lowest BCUT2D eigenvalue weighted by Gasteiger charge is -2.06. The molecule has 0 atom stereocenters. The molecule has 0 saturated heterocycles. The van der Waals surface area contributed by atoms with E-state index in [0.29, 0.717) is 12.1 Å². The third-order valence-electron chi connectivity index (χ3n) is 1.16. The van der Waals surface area contributed by atoms with E-state index in [1.807, 2.05) is 0 Å². The van der Waals surface area contributed by atoms with Gasteiger partial charge in [-0.15, -0.1) is 0 Å². The van der Waals surface area contributed by atoms with Crippen LogP contribution in [-0.2, 0) is 0 Å². The van der Waals surface area contributed by atoms with Gasteiger partial charge in [0.1, 0.15) is 0 Å². The van der Waals surface area contributed by atoms with Crippen molar-refractivity contribution >= 4 is 7.12 Å². The number of hydrogen-bond acceptors (Lipinski definition) is 3. The maximum Gasteiger partial charge on any atom is 0.488 e. The summed E-state index contributed by atoms with van der Waals surface area (Å²) >= 11 is 0. The van der Waals surface area contributed by atoms with Crippen molar-refractivity contribution in [3.8, 4) is 0 Å². The van der Waals surface area contributed by atoms with Crippen LogP contribution in [0.15, 0.2) is 24.2 Å². The van der Waals surface area contributed by atoms with E-state index in [1.54, 1.807) is 7.05 Å². The third-order valence-corrected chi connectivity index (χ3v) is 1.16. The van der Waals surface area contributed by atoms with Crippen molar-refractivity contribution in [1.29, 1.82) is 0 Å². The minimum Gasteiger partial charge on any atom is -0.423 e. The summed E-state index contributed by atoms with van der Waals surface area (Å²) < 4.78 is 0. The lowest BCUT2D eigenvalue weighted by molar-refractivity contribution is 0.420.